The molecule has 0 aromatic carbocycles. The first-order valence-electron chi connectivity index (χ1n) is 5.63. The molecule has 2 heterocycles. The van der Waals surface area contributed by atoms with Gasteiger partial charge in [-0.3, -0.25) is 0 Å². The van der Waals surface area contributed by atoms with Crippen molar-refractivity contribution in [2.24, 2.45) is 0 Å². The second-order valence-corrected chi connectivity index (χ2v) is 3.78. The molecule has 0 aliphatic heterocycles. The third kappa shape index (κ3) is 3.65. The Morgan fingerprint density at radius 1 is 1.11 bits per heavy atom. The van der Waals surface area contributed by atoms with Crippen LogP contribution in [-0.4, -0.2) is 28.0 Å². The second-order valence-electron chi connectivity index (χ2n) is 3.78. The Balaban J connectivity index is 1.74. The average Bonchev–Trinajstić information content (AvgIpc) is 2.37. The number of nitrogens with zero attached hydrogens (tertiary/aromatic N) is 3. The smallest absolute Gasteiger partial charge is 0.222 e. The summed E-state index contributed by atoms with van der Waals surface area (Å²) in [7, 11) is 0. The van der Waals surface area contributed by atoms with Crippen LogP contribution in [0.1, 0.15) is 5.56 Å². The summed E-state index contributed by atoms with van der Waals surface area (Å²) < 4.78 is 12.8. The summed E-state index contributed by atoms with van der Waals surface area (Å²) in [5.74, 6) is 0.603. The summed E-state index contributed by atoms with van der Waals surface area (Å²) in [6.07, 6.45) is 3.49. The van der Waals surface area contributed by atoms with Crippen molar-refractivity contribution in [1.29, 1.82) is 0 Å². The van der Waals surface area contributed by atoms with E-state index in [0.717, 1.165) is 5.56 Å². The molecule has 0 aliphatic carbocycles. The van der Waals surface area contributed by atoms with E-state index >= 15 is 0 Å². The molecule has 0 fully saturated rings. The summed E-state index contributed by atoms with van der Waals surface area (Å²) in [5, 5.41) is 6.05. The van der Waals surface area contributed by atoms with E-state index in [4.69, 9.17) is 0 Å². The van der Waals surface area contributed by atoms with Gasteiger partial charge in [0, 0.05) is 25.5 Å². The number of aryl methyl sites for hydroxylation is 1. The van der Waals surface area contributed by atoms with Crippen molar-refractivity contribution in [3.05, 3.63) is 42.1 Å². The van der Waals surface area contributed by atoms with E-state index < -0.39 is 5.95 Å². The number of pyridine rings is 1. The molecular formula is C12H14FN5. The van der Waals surface area contributed by atoms with Crippen molar-refractivity contribution in [2.75, 3.05) is 23.7 Å². The molecule has 0 atom stereocenters. The Hall–Kier alpha value is -2.24. The molecule has 0 radical (unpaired) electrons. The normalized spacial score (nSPS) is 10.1. The molecule has 0 aliphatic rings. The number of anilines is 2. The number of hydrogen-bond acceptors (Lipinski definition) is 5. The van der Waals surface area contributed by atoms with Gasteiger partial charge < -0.3 is 10.6 Å². The van der Waals surface area contributed by atoms with Gasteiger partial charge in [-0.2, -0.15) is 4.39 Å². The van der Waals surface area contributed by atoms with Crippen molar-refractivity contribution in [3.63, 3.8) is 0 Å². The van der Waals surface area contributed by atoms with E-state index in [1.807, 2.05) is 6.92 Å². The van der Waals surface area contributed by atoms with Crippen LogP contribution < -0.4 is 10.6 Å². The number of nitrogens with one attached hydrogen (secondary N) is 2. The summed E-state index contributed by atoms with van der Waals surface area (Å²) in [5.41, 5.74) is 1.02. The molecule has 5 nitrogen and oxygen atoms in total. The Labute approximate surface area is 105 Å². The van der Waals surface area contributed by atoms with E-state index in [1.165, 1.54) is 6.07 Å². The first-order valence-corrected chi connectivity index (χ1v) is 5.63. The zero-order valence-electron chi connectivity index (χ0n) is 10.0. The molecule has 0 amide bonds. The number of aromatic nitrogens is 3. The molecule has 0 bridgehead atoms. The first kappa shape index (κ1) is 12.2. The van der Waals surface area contributed by atoms with Gasteiger partial charge in [0.2, 0.25) is 11.9 Å². The molecule has 0 saturated carbocycles. The molecule has 94 valence electrons. The molecule has 0 spiro atoms. The zero-order valence-corrected chi connectivity index (χ0v) is 10.0. The van der Waals surface area contributed by atoms with Gasteiger partial charge in [-0.25, -0.2) is 15.0 Å². The summed E-state index contributed by atoms with van der Waals surface area (Å²) >= 11 is 0. The lowest BCUT2D eigenvalue weighted by Crippen LogP contribution is -2.15. The monoisotopic (exact) mass is 247 g/mol. The Kier molecular flexibility index (Phi) is 4.01. The van der Waals surface area contributed by atoms with Gasteiger partial charge in [0.1, 0.15) is 5.82 Å². The molecule has 0 unspecified atom stereocenters. The Bertz CT molecular complexity index is 500. The fourth-order valence-corrected chi connectivity index (χ4v) is 1.36. The second kappa shape index (κ2) is 5.90. The van der Waals surface area contributed by atoms with Gasteiger partial charge >= 0.3 is 0 Å². The summed E-state index contributed by atoms with van der Waals surface area (Å²) in [6, 6.07) is 4.64. The Morgan fingerprint density at radius 2 is 1.83 bits per heavy atom. The van der Waals surface area contributed by atoms with E-state index in [1.54, 1.807) is 24.5 Å². The predicted octanol–water partition coefficient (Wildman–Crippen LogP) is 1.84. The highest BCUT2D eigenvalue weighted by molar-refractivity contribution is 5.34. The fraction of sp³-hybridized carbons (Fsp3) is 0.250. The third-order valence-electron chi connectivity index (χ3n) is 2.21. The lowest BCUT2D eigenvalue weighted by atomic mass is 10.4. The highest BCUT2D eigenvalue weighted by atomic mass is 19.1. The Morgan fingerprint density at radius 3 is 2.56 bits per heavy atom. The number of hydrogen-bond donors (Lipinski definition) is 2. The molecule has 0 saturated heterocycles. The molecule has 2 aromatic heterocycles. The standard InChI is InChI=1S/C12H14FN5/c1-9-7-16-12(17-8-9)15-6-5-14-11-4-2-3-10(13)18-11/h2-4,7-8H,5-6H2,1H3,(H,14,18)(H,15,16,17). The minimum atomic E-state index is -0.491. The lowest BCUT2D eigenvalue weighted by Gasteiger charge is -2.06. The first-order chi connectivity index (χ1) is 8.74. The maximum Gasteiger partial charge on any atom is 0.222 e. The highest BCUT2D eigenvalue weighted by Gasteiger charge is 1.96. The van der Waals surface area contributed by atoms with Crippen molar-refractivity contribution in [2.45, 2.75) is 6.92 Å². The van der Waals surface area contributed by atoms with Gasteiger partial charge in [0.25, 0.3) is 0 Å². The maximum absolute atomic E-state index is 12.8. The highest BCUT2D eigenvalue weighted by Crippen LogP contribution is 2.02. The average molecular weight is 247 g/mol. The topological polar surface area (TPSA) is 62.7 Å². The SMILES string of the molecule is Cc1cnc(NCCNc2cccc(F)n2)nc1. The van der Waals surface area contributed by atoms with Gasteiger partial charge in [-0.05, 0) is 24.6 Å². The van der Waals surface area contributed by atoms with Crippen molar-refractivity contribution in [3.8, 4) is 0 Å². The van der Waals surface area contributed by atoms with Crippen molar-refractivity contribution >= 4 is 11.8 Å². The quantitative estimate of drug-likeness (QED) is 0.623. The van der Waals surface area contributed by atoms with Crippen LogP contribution >= 0.6 is 0 Å². The van der Waals surface area contributed by atoms with Crippen LogP contribution in [-0.2, 0) is 0 Å². The van der Waals surface area contributed by atoms with Gasteiger partial charge in [-0.1, -0.05) is 6.07 Å². The fourth-order valence-electron chi connectivity index (χ4n) is 1.36. The maximum atomic E-state index is 12.8. The number of rotatable bonds is 5. The molecular weight excluding hydrogens is 233 g/mol. The minimum Gasteiger partial charge on any atom is -0.368 e. The molecule has 18 heavy (non-hydrogen) atoms. The van der Waals surface area contributed by atoms with Crippen LogP contribution in [0.25, 0.3) is 0 Å². The van der Waals surface area contributed by atoms with Crippen LogP contribution in [0.3, 0.4) is 0 Å². The van der Waals surface area contributed by atoms with Gasteiger partial charge in [-0.15, -0.1) is 0 Å². The van der Waals surface area contributed by atoms with Crippen molar-refractivity contribution < 1.29 is 4.39 Å². The van der Waals surface area contributed by atoms with Crippen LogP contribution in [0.2, 0.25) is 0 Å². The number of halogens is 1. The van der Waals surface area contributed by atoms with Crippen LogP contribution in [0, 0.1) is 12.9 Å². The summed E-state index contributed by atoms with van der Waals surface area (Å²) in [4.78, 5) is 11.9. The third-order valence-corrected chi connectivity index (χ3v) is 2.21. The van der Waals surface area contributed by atoms with Gasteiger partial charge in [0.15, 0.2) is 0 Å². The lowest BCUT2D eigenvalue weighted by molar-refractivity contribution is 0.585. The van der Waals surface area contributed by atoms with E-state index in [-0.39, 0.29) is 0 Å². The zero-order chi connectivity index (χ0) is 12.8. The van der Waals surface area contributed by atoms with Crippen molar-refractivity contribution in [1.82, 2.24) is 15.0 Å². The van der Waals surface area contributed by atoms with E-state index in [9.17, 15) is 4.39 Å². The van der Waals surface area contributed by atoms with E-state index in [2.05, 4.69) is 25.6 Å². The van der Waals surface area contributed by atoms with Crippen LogP contribution in [0.15, 0.2) is 30.6 Å². The predicted molar refractivity (Wildman–Crippen MR) is 67.9 cm³/mol. The summed E-state index contributed by atoms with van der Waals surface area (Å²) in [6.45, 7) is 3.16. The minimum absolute atomic E-state index is 0.491. The van der Waals surface area contributed by atoms with Gasteiger partial charge in [0.05, 0.1) is 0 Å². The molecule has 2 N–H and O–H groups in total. The largest absolute Gasteiger partial charge is 0.368 e. The molecule has 6 heteroatoms. The molecule has 2 aromatic rings. The van der Waals surface area contributed by atoms with E-state index in [0.29, 0.717) is 24.9 Å². The van der Waals surface area contributed by atoms with Crippen LogP contribution in [0.5, 0.6) is 0 Å². The van der Waals surface area contributed by atoms with Crippen LogP contribution in [0.4, 0.5) is 16.2 Å². The molecule has 2 rings (SSSR count).